The number of aliphatic carboxylic acids is 1. The highest BCUT2D eigenvalue weighted by atomic mass is 16.7. The number of carbonyl (C=O) groups excluding carboxylic acids is 1. The molecular weight excluding hydrogens is 262 g/mol. The molecule has 0 radical (unpaired) electrons. The van der Waals surface area contributed by atoms with Gasteiger partial charge >= 0.3 is 5.97 Å². The Kier molecular flexibility index (Phi) is 4.24. The van der Waals surface area contributed by atoms with Gasteiger partial charge in [-0.2, -0.15) is 0 Å². The van der Waals surface area contributed by atoms with Gasteiger partial charge in [0.15, 0.2) is 11.5 Å². The van der Waals surface area contributed by atoms with E-state index < -0.39 is 5.97 Å². The third-order valence-electron chi connectivity index (χ3n) is 2.85. The van der Waals surface area contributed by atoms with Crippen LogP contribution >= 0.6 is 0 Å². The molecular formula is C14H15NO5. The van der Waals surface area contributed by atoms with Gasteiger partial charge in [0.05, 0.1) is 6.42 Å². The SMILES string of the molecule is C=CCN(CCC(=O)O)C(=O)c1ccc2c(c1)OCO2. The van der Waals surface area contributed by atoms with Gasteiger partial charge in [-0.15, -0.1) is 6.58 Å². The van der Waals surface area contributed by atoms with Crippen LogP contribution in [0.15, 0.2) is 30.9 Å². The Bertz CT molecular complexity index is 540. The number of fused-ring (bicyclic) bond motifs is 1. The normalized spacial score (nSPS) is 12.0. The van der Waals surface area contributed by atoms with Gasteiger partial charge < -0.3 is 19.5 Å². The van der Waals surface area contributed by atoms with Crippen molar-refractivity contribution in [3.8, 4) is 11.5 Å². The first kappa shape index (κ1) is 13.9. The lowest BCUT2D eigenvalue weighted by Crippen LogP contribution is -2.33. The van der Waals surface area contributed by atoms with Crippen LogP contribution in [-0.4, -0.2) is 41.8 Å². The highest BCUT2D eigenvalue weighted by Crippen LogP contribution is 2.32. The summed E-state index contributed by atoms with van der Waals surface area (Å²) in [6.07, 6.45) is 1.46. The van der Waals surface area contributed by atoms with Crippen molar-refractivity contribution >= 4 is 11.9 Å². The van der Waals surface area contributed by atoms with Gasteiger partial charge in [0.25, 0.3) is 5.91 Å². The molecule has 6 heteroatoms. The Morgan fingerprint density at radius 2 is 2.10 bits per heavy atom. The summed E-state index contributed by atoms with van der Waals surface area (Å²) in [6, 6.07) is 4.90. The van der Waals surface area contributed by atoms with Gasteiger partial charge in [-0.3, -0.25) is 9.59 Å². The van der Waals surface area contributed by atoms with Crippen LogP contribution < -0.4 is 9.47 Å². The quantitative estimate of drug-likeness (QED) is 0.798. The molecule has 0 saturated heterocycles. The summed E-state index contributed by atoms with van der Waals surface area (Å²) in [5.74, 6) is -0.0861. The number of benzene rings is 1. The molecule has 1 amide bonds. The van der Waals surface area contributed by atoms with E-state index in [0.29, 0.717) is 23.6 Å². The molecule has 2 rings (SSSR count). The van der Waals surface area contributed by atoms with Crippen LogP contribution in [0.3, 0.4) is 0 Å². The van der Waals surface area contributed by atoms with Crippen molar-refractivity contribution in [2.45, 2.75) is 6.42 Å². The molecule has 1 aromatic rings. The Labute approximate surface area is 116 Å². The maximum absolute atomic E-state index is 12.3. The fourth-order valence-corrected chi connectivity index (χ4v) is 1.87. The summed E-state index contributed by atoms with van der Waals surface area (Å²) >= 11 is 0. The van der Waals surface area contributed by atoms with Crippen LogP contribution in [0.1, 0.15) is 16.8 Å². The molecule has 1 aromatic carbocycles. The lowest BCUT2D eigenvalue weighted by atomic mass is 10.1. The van der Waals surface area contributed by atoms with Crippen LogP contribution in [0, 0.1) is 0 Å². The first-order valence-electron chi connectivity index (χ1n) is 6.13. The fourth-order valence-electron chi connectivity index (χ4n) is 1.87. The molecule has 0 spiro atoms. The molecule has 0 unspecified atom stereocenters. The maximum Gasteiger partial charge on any atom is 0.305 e. The van der Waals surface area contributed by atoms with Crippen molar-refractivity contribution in [1.82, 2.24) is 4.90 Å². The molecule has 20 heavy (non-hydrogen) atoms. The minimum atomic E-state index is -0.947. The molecule has 1 N–H and O–H groups in total. The second kappa shape index (κ2) is 6.10. The number of carboxylic acids is 1. The first-order valence-corrected chi connectivity index (χ1v) is 6.13. The smallest absolute Gasteiger partial charge is 0.305 e. The zero-order valence-electron chi connectivity index (χ0n) is 10.9. The standard InChI is InChI=1S/C14H15NO5/c1-2-6-15(7-5-13(16)17)14(18)10-3-4-11-12(8-10)20-9-19-11/h2-4,8H,1,5-7,9H2,(H,16,17). The molecule has 1 heterocycles. The number of nitrogens with zero attached hydrogens (tertiary/aromatic N) is 1. The Morgan fingerprint density at radius 3 is 2.80 bits per heavy atom. The molecule has 0 aliphatic carbocycles. The van der Waals surface area contributed by atoms with Crippen molar-refractivity contribution in [3.05, 3.63) is 36.4 Å². The Morgan fingerprint density at radius 1 is 1.35 bits per heavy atom. The fraction of sp³-hybridized carbons (Fsp3) is 0.286. The van der Waals surface area contributed by atoms with Crippen LogP contribution in [0.5, 0.6) is 11.5 Å². The zero-order valence-corrected chi connectivity index (χ0v) is 10.9. The molecule has 106 valence electrons. The highest BCUT2D eigenvalue weighted by Gasteiger charge is 2.20. The molecule has 0 bridgehead atoms. The van der Waals surface area contributed by atoms with E-state index in [1.807, 2.05) is 0 Å². The summed E-state index contributed by atoms with van der Waals surface area (Å²) in [5.41, 5.74) is 0.432. The van der Waals surface area contributed by atoms with E-state index in [4.69, 9.17) is 14.6 Å². The van der Waals surface area contributed by atoms with E-state index in [0.717, 1.165) is 0 Å². The molecule has 6 nitrogen and oxygen atoms in total. The topological polar surface area (TPSA) is 76.1 Å². The van der Waals surface area contributed by atoms with Gasteiger partial charge in [-0.25, -0.2) is 0 Å². The van der Waals surface area contributed by atoms with Crippen LogP contribution in [0.25, 0.3) is 0 Å². The maximum atomic E-state index is 12.3. The highest BCUT2D eigenvalue weighted by molar-refractivity contribution is 5.95. The van der Waals surface area contributed by atoms with Gasteiger partial charge in [0, 0.05) is 18.7 Å². The minimum Gasteiger partial charge on any atom is -0.481 e. The summed E-state index contributed by atoms with van der Waals surface area (Å²) in [6.45, 7) is 4.14. The largest absolute Gasteiger partial charge is 0.481 e. The number of ether oxygens (including phenoxy) is 2. The van der Waals surface area contributed by atoms with Crippen molar-refractivity contribution in [3.63, 3.8) is 0 Å². The molecule has 0 fully saturated rings. The second-order valence-corrected chi connectivity index (χ2v) is 4.25. The van der Waals surface area contributed by atoms with Gasteiger partial charge in [-0.05, 0) is 18.2 Å². The number of hydrogen-bond donors (Lipinski definition) is 1. The Hall–Kier alpha value is -2.50. The lowest BCUT2D eigenvalue weighted by Gasteiger charge is -2.20. The molecule has 0 aromatic heterocycles. The predicted molar refractivity (Wildman–Crippen MR) is 70.9 cm³/mol. The molecule has 0 atom stereocenters. The average Bonchev–Trinajstić information content (AvgIpc) is 2.89. The van der Waals surface area contributed by atoms with Gasteiger partial charge in [-0.1, -0.05) is 6.08 Å². The molecule has 0 saturated carbocycles. The second-order valence-electron chi connectivity index (χ2n) is 4.25. The van der Waals surface area contributed by atoms with E-state index in [1.54, 1.807) is 24.3 Å². The van der Waals surface area contributed by atoms with E-state index in [1.165, 1.54) is 4.90 Å². The van der Waals surface area contributed by atoms with E-state index in [9.17, 15) is 9.59 Å². The van der Waals surface area contributed by atoms with Crippen molar-refractivity contribution in [1.29, 1.82) is 0 Å². The van der Waals surface area contributed by atoms with Gasteiger partial charge in [0.1, 0.15) is 0 Å². The zero-order chi connectivity index (χ0) is 14.5. The number of rotatable bonds is 6. The summed E-state index contributed by atoms with van der Waals surface area (Å²) in [5, 5.41) is 8.71. The monoisotopic (exact) mass is 277 g/mol. The van der Waals surface area contributed by atoms with Crippen molar-refractivity contribution in [2.75, 3.05) is 19.9 Å². The summed E-state index contributed by atoms with van der Waals surface area (Å²) in [7, 11) is 0. The number of hydrogen-bond acceptors (Lipinski definition) is 4. The number of amides is 1. The number of carboxylic acid groups (broad SMARTS) is 1. The summed E-state index contributed by atoms with van der Waals surface area (Å²) < 4.78 is 10.4. The van der Waals surface area contributed by atoms with Crippen LogP contribution in [0.2, 0.25) is 0 Å². The molecule has 1 aliphatic heterocycles. The van der Waals surface area contributed by atoms with Crippen LogP contribution in [-0.2, 0) is 4.79 Å². The number of carbonyl (C=O) groups is 2. The third-order valence-corrected chi connectivity index (χ3v) is 2.85. The lowest BCUT2D eigenvalue weighted by molar-refractivity contribution is -0.137. The first-order chi connectivity index (χ1) is 9.61. The third kappa shape index (κ3) is 3.09. The van der Waals surface area contributed by atoms with E-state index in [-0.39, 0.29) is 25.7 Å². The van der Waals surface area contributed by atoms with E-state index >= 15 is 0 Å². The summed E-state index contributed by atoms with van der Waals surface area (Å²) in [4.78, 5) is 24.4. The van der Waals surface area contributed by atoms with Gasteiger partial charge in [0.2, 0.25) is 6.79 Å². The Balaban J connectivity index is 2.13. The predicted octanol–water partition coefficient (Wildman–Crippen LogP) is 1.52. The molecule has 1 aliphatic rings. The van der Waals surface area contributed by atoms with E-state index in [2.05, 4.69) is 6.58 Å². The van der Waals surface area contributed by atoms with Crippen molar-refractivity contribution in [2.24, 2.45) is 0 Å². The van der Waals surface area contributed by atoms with Crippen LogP contribution in [0.4, 0.5) is 0 Å². The minimum absolute atomic E-state index is 0.107. The average molecular weight is 277 g/mol. The van der Waals surface area contributed by atoms with Crippen molar-refractivity contribution < 1.29 is 24.2 Å².